The molecule has 0 radical (unpaired) electrons. The van der Waals surface area contributed by atoms with Crippen LogP contribution in [0.3, 0.4) is 0 Å². The third-order valence-corrected chi connectivity index (χ3v) is 2.71. The second-order valence-electron chi connectivity index (χ2n) is 4.16. The fraction of sp³-hybridized carbons (Fsp3) is 0.538. The second-order valence-corrected chi connectivity index (χ2v) is 4.16. The first-order chi connectivity index (χ1) is 8.31. The number of nitrogens with zero attached hydrogens (tertiary/aromatic N) is 2. The van der Waals surface area contributed by atoms with Crippen LogP contribution in [0.1, 0.15) is 37.3 Å². The lowest BCUT2D eigenvalue weighted by Gasteiger charge is -2.19. The van der Waals surface area contributed by atoms with Gasteiger partial charge in [-0.3, -0.25) is 0 Å². The largest absolute Gasteiger partial charge is 0.496 e. The first-order valence-electron chi connectivity index (χ1n) is 6.17. The van der Waals surface area contributed by atoms with Crippen LogP contribution < -0.4 is 5.32 Å². The number of hydrogen-bond donors (Lipinski definition) is 1. The molecule has 4 heteroatoms. The van der Waals surface area contributed by atoms with E-state index in [1.165, 1.54) is 0 Å². The minimum absolute atomic E-state index is 0.0687. The summed E-state index contributed by atoms with van der Waals surface area (Å²) in [4.78, 5) is 8.61. The summed E-state index contributed by atoms with van der Waals surface area (Å²) in [5, 5.41) is 3.47. The molecule has 1 unspecified atom stereocenters. The zero-order valence-corrected chi connectivity index (χ0v) is 10.4. The van der Waals surface area contributed by atoms with E-state index in [1.807, 2.05) is 13.0 Å². The van der Waals surface area contributed by atoms with Crippen LogP contribution in [0.2, 0.25) is 0 Å². The Hall–Kier alpha value is -1.42. The summed E-state index contributed by atoms with van der Waals surface area (Å²) < 4.78 is 5.64. The molecule has 0 aromatic carbocycles. The summed E-state index contributed by atoms with van der Waals surface area (Å²) in [7, 11) is 0. The Labute approximate surface area is 102 Å². The minimum Gasteiger partial charge on any atom is -0.496 e. The van der Waals surface area contributed by atoms with Gasteiger partial charge >= 0.3 is 0 Å². The Morgan fingerprint density at radius 1 is 1.53 bits per heavy atom. The molecular formula is C13H19N3O. The van der Waals surface area contributed by atoms with E-state index in [4.69, 9.17) is 4.74 Å². The van der Waals surface area contributed by atoms with Crippen LogP contribution in [0, 0.1) is 6.92 Å². The summed E-state index contributed by atoms with van der Waals surface area (Å²) in [6.45, 7) is 5.79. The monoisotopic (exact) mass is 233 g/mol. The molecule has 0 spiro atoms. The number of nitrogens with one attached hydrogen (secondary N) is 1. The van der Waals surface area contributed by atoms with Crippen LogP contribution in [-0.2, 0) is 4.74 Å². The van der Waals surface area contributed by atoms with Gasteiger partial charge in [0.2, 0.25) is 0 Å². The van der Waals surface area contributed by atoms with Gasteiger partial charge in [0, 0.05) is 12.6 Å². The summed E-state index contributed by atoms with van der Waals surface area (Å²) in [6.07, 6.45) is 6.02. The molecule has 0 saturated carbocycles. The lowest BCUT2D eigenvalue weighted by Crippen LogP contribution is -2.25. The summed E-state index contributed by atoms with van der Waals surface area (Å²) in [6, 6.07) is 2.02. The predicted octanol–water partition coefficient (Wildman–Crippen LogP) is 2.13. The average Bonchev–Trinajstić information content (AvgIpc) is 2.83. The second kappa shape index (κ2) is 5.77. The summed E-state index contributed by atoms with van der Waals surface area (Å²) >= 11 is 0. The van der Waals surface area contributed by atoms with Crippen LogP contribution in [0.4, 0.5) is 0 Å². The quantitative estimate of drug-likeness (QED) is 0.846. The van der Waals surface area contributed by atoms with Crippen LogP contribution in [0.5, 0.6) is 0 Å². The molecule has 1 N–H and O–H groups in total. The van der Waals surface area contributed by atoms with Crippen molar-refractivity contribution >= 4 is 0 Å². The molecule has 17 heavy (non-hydrogen) atoms. The molecule has 0 amide bonds. The lowest BCUT2D eigenvalue weighted by molar-refractivity contribution is 0.214. The summed E-state index contributed by atoms with van der Waals surface area (Å²) in [5.74, 6) is 1.79. The smallest absolute Gasteiger partial charge is 0.125 e. The Morgan fingerprint density at radius 3 is 3.06 bits per heavy atom. The van der Waals surface area contributed by atoms with Gasteiger partial charge in [0.15, 0.2) is 0 Å². The molecule has 92 valence electrons. The molecule has 1 aromatic heterocycles. The van der Waals surface area contributed by atoms with Crippen LogP contribution in [-0.4, -0.2) is 23.1 Å². The molecule has 1 aromatic rings. The first kappa shape index (κ1) is 12.0. The van der Waals surface area contributed by atoms with Crippen molar-refractivity contribution in [2.24, 2.45) is 0 Å². The zero-order chi connectivity index (χ0) is 12.1. The van der Waals surface area contributed by atoms with Crippen LogP contribution in [0.25, 0.3) is 0 Å². The Balaban J connectivity index is 2.19. The zero-order valence-electron chi connectivity index (χ0n) is 10.4. The van der Waals surface area contributed by atoms with Gasteiger partial charge in [-0.1, -0.05) is 6.92 Å². The van der Waals surface area contributed by atoms with Gasteiger partial charge < -0.3 is 10.1 Å². The van der Waals surface area contributed by atoms with Crippen molar-refractivity contribution in [3.8, 4) is 0 Å². The van der Waals surface area contributed by atoms with E-state index in [0.717, 1.165) is 43.3 Å². The van der Waals surface area contributed by atoms with Crippen LogP contribution >= 0.6 is 0 Å². The van der Waals surface area contributed by atoms with Gasteiger partial charge in [-0.2, -0.15) is 0 Å². The molecule has 1 aliphatic heterocycles. The Bertz CT molecular complexity index is 403. The average molecular weight is 233 g/mol. The van der Waals surface area contributed by atoms with Crippen molar-refractivity contribution in [2.75, 3.05) is 13.2 Å². The van der Waals surface area contributed by atoms with Gasteiger partial charge in [-0.15, -0.1) is 0 Å². The highest BCUT2D eigenvalue weighted by Crippen LogP contribution is 2.25. The van der Waals surface area contributed by atoms with E-state index >= 15 is 0 Å². The van der Waals surface area contributed by atoms with E-state index in [9.17, 15) is 0 Å². The molecule has 1 atom stereocenters. The number of aromatic nitrogens is 2. The molecule has 4 nitrogen and oxygen atoms in total. The maximum Gasteiger partial charge on any atom is 0.125 e. The van der Waals surface area contributed by atoms with Crippen molar-refractivity contribution in [2.45, 2.75) is 32.7 Å². The van der Waals surface area contributed by atoms with E-state index < -0.39 is 0 Å². The number of rotatable bonds is 5. The maximum atomic E-state index is 5.64. The SMILES string of the molecule is CCCNC(C1=CCCO1)c1ccnc(C)n1. The van der Waals surface area contributed by atoms with E-state index in [1.54, 1.807) is 6.20 Å². The number of ether oxygens (including phenoxy) is 1. The minimum atomic E-state index is 0.0687. The fourth-order valence-electron chi connectivity index (χ4n) is 1.91. The molecule has 2 rings (SSSR count). The standard InChI is InChI=1S/C13H19N3O/c1-3-7-15-13(12-5-4-9-17-12)11-6-8-14-10(2)16-11/h5-6,8,13,15H,3-4,7,9H2,1-2H3. The lowest BCUT2D eigenvalue weighted by atomic mass is 10.1. The van der Waals surface area contributed by atoms with E-state index in [-0.39, 0.29) is 6.04 Å². The highest BCUT2D eigenvalue weighted by molar-refractivity contribution is 5.19. The van der Waals surface area contributed by atoms with Gasteiger partial charge in [-0.05, 0) is 32.0 Å². The molecule has 0 saturated heterocycles. The van der Waals surface area contributed by atoms with Crippen molar-refractivity contribution < 1.29 is 4.74 Å². The molecule has 2 heterocycles. The maximum absolute atomic E-state index is 5.64. The van der Waals surface area contributed by atoms with Crippen molar-refractivity contribution in [3.05, 3.63) is 35.6 Å². The van der Waals surface area contributed by atoms with Crippen molar-refractivity contribution in [3.63, 3.8) is 0 Å². The fourth-order valence-corrected chi connectivity index (χ4v) is 1.91. The highest BCUT2D eigenvalue weighted by Gasteiger charge is 2.21. The number of aryl methyl sites for hydroxylation is 1. The van der Waals surface area contributed by atoms with Gasteiger partial charge in [0.1, 0.15) is 17.6 Å². The molecule has 0 aliphatic carbocycles. The van der Waals surface area contributed by atoms with Gasteiger partial charge in [-0.25, -0.2) is 9.97 Å². The van der Waals surface area contributed by atoms with Gasteiger partial charge in [0.05, 0.1) is 12.3 Å². The van der Waals surface area contributed by atoms with E-state index in [2.05, 4.69) is 28.3 Å². The first-order valence-corrected chi connectivity index (χ1v) is 6.17. The van der Waals surface area contributed by atoms with E-state index in [0.29, 0.717) is 0 Å². The predicted molar refractivity (Wildman–Crippen MR) is 66.5 cm³/mol. The number of hydrogen-bond acceptors (Lipinski definition) is 4. The summed E-state index contributed by atoms with van der Waals surface area (Å²) in [5.41, 5.74) is 0.985. The van der Waals surface area contributed by atoms with Crippen molar-refractivity contribution in [1.82, 2.24) is 15.3 Å². The third kappa shape index (κ3) is 3.03. The third-order valence-electron chi connectivity index (χ3n) is 2.71. The molecule has 0 fully saturated rings. The topological polar surface area (TPSA) is 47.0 Å². The molecule has 0 bridgehead atoms. The molecule has 1 aliphatic rings. The Morgan fingerprint density at radius 2 is 2.41 bits per heavy atom. The highest BCUT2D eigenvalue weighted by atomic mass is 16.5. The Kier molecular flexibility index (Phi) is 4.09. The van der Waals surface area contributed by atoms with Gasteiger partial charge in [0.25, 0.3) is 0 Å². The van der Waals surface area contributed by atoms with Crippen molar-refractivity contribution in [1.29, 1.82) is 0 Å². The normalized spacial score (nSPS) is 16.5. The molecular weight excluding hydrogens is 214 g/mol. The van der Waals surface area contributed by atoms with Crippen LogP contribution in [0.15, 0.2) is 24.1 Å².